The monoisotopic (exact) mass is 584 g/mol. The Hall–Kier alpha value is -4.37. The van der Waals surface area contributed by atoms with Crippen LogP contribution in [0.2, 0.25) is 0 Å². The highest BCUT2D eigenvalue weighted by Gasteiger charge is 2.48. The van der Waals surface area contributed by atoms with E-state index in [4.69, 9.17) is 19.2 Å². The van der Waals surface area contributed by atoms with Gasteiger partial charge in [0, 0.05) is 12.0 Å². The highest BCUT2D eigenvalue weighted by atomic mass is 32.1. The number of fused-ring (bicyclic) bond motifs is 2. The van der Waals surface area contributed by atoms with Crippen LogP contribution in [0.3, 0.4) is 0 Å². The molecule has 0 unspecified atom stereocenters. The molecule has 4 aromatic rings. The largest absolute Gasteiger partial charge is 0.507 e. The maximum atomic E-state index is 13.7. The summed E-state index contributed by atoms with van der Waals surface area (Å²) in [7, 11) is 1.59. The van der Waals surface area contributed by atoms with Crippen LogP contribution in [0.5, 0.6) is 17.2 Å². The predicted molar refractivity (Wildman–Crippen MR) is 163 cm³/mol. The number of rotatable bonds is 9. The molecule has 2 aliphatic heterocycles. The van der Waals surface area contributed by atoms with E-state index in [1.807, 2.05) is 49.4 Å². The van der Waals surface area contributed by atoms with Crippen molar-refractivity contribution in [2.24, 2.45) is 0 Å². The van der Waals surface area contributed by atoms with Gasteiger partial charge in [-0.1, -0.05) is 43.2 Å². The summed E-state index contributed by atoms with van der Waals surface area (Å²) >= 11 is 1.29. The molecule has 1 N–H and O–H groups in total. The van der Waals surface area contributed by atoms with Crippen LogP contribution in [0.1, 0.15) is 55.8 Å². The SMILES string of the molecule is CCCCCOc1ccc([C@H]2C(=C(O)c3ccc4c(c3)C[C@@H](C)O4)C(=O)C(=O)N2c2nc3ccc(OC)cc3s2)cc1. The third kappa shape index (κ3) is 5.09. The van der Waals surface area contributed by atoms with E-state index in [9.17, 15) is 14.7 Å². The second-order valence-corrected chi connectivity index (χ2v) is 11.6. The molecule has 0 aliphatic carbocycles. The number of unbranched alkanes of at least 4 members (excludes halogenated alkanes) is 2. The van der Waals surface area contributed by atoms with Gasteiger partial charge in [-0.3, -0.25) is 14.5 Å². The van der Waals surface area contributed by atoms with Gasteiger partial charge in [-0.2, -0.15) is 0 Å². The lowest BCUT2D eigenvalue weighted by molar-refractivity contribution is -0.132. The van der Waals surface area contributed by atoms with Crippen LogP contribution in [0.25, 0.3) is 16.0 Å². The second kappa shape index (κ2) is 11.5. The van der Waals surface area contributed by atoms with Crippen molar-refractivity contribution in [3.05, 3.63) is 82.9 Å². The van der Waals surface area contributed by atoms with Crippen LogP contribution in [-0.2, 0) is 16.0 Å². The Kier molecular flexibility index (Phi) is 7.60. The number of anilines is 1. The number of methoxy groups -OCH3 is 1. The minimum absolute atomic E-state index is 0.0142. The van der Waals surface area contributed by atoms with Gasteiger partial charge in [0.05, 0.1) is 35.5 Å². The first-order valence-corrected chi connectivity index (χ1v) is 15.0. The quantitative estimate of drug-likeness (QED) is 0.0997. The molecule has 42 heavy (non-hydrogen) atoms. The van der Waals surface area contributed by atoms with Gasteiger partial charge in [0.2, 0.25) is 0 Å². The molecule has 216 valence electrons. The van der Waals surface area contributed by atoms with Crippen molar-refractivity contribution in [3.8, 4) is 17.2 Å². The third-order valence-electron chi connectivity index (χ3n) is 7.62. The van der Waals surface area contributed by atoms with Crippen LogP contribution in [-0.4, -0.2) is 41.6 Å². The molecule has 0 radical (unpaired) electrons. The molecule has 0 spiro atoms. The fraction of sp³-hybridized carbons (Fsp3) is 0.303. The Labute approximate surface area is 248 Å². The van der Waals surface area contributed by atoms with Gasteiger partial charge in [0.25, 0.3) is 5.78 Å². The van der Waals surface area contributed by atoms with Gasteiger partial charge in [0.1, 0.15) is 29.1 Å². The van der Waals surface area contributed by atoms with Gasteiger partial charge < -0.3 is 19.3 Å². The topological polar surface area (TPSA) is 98.2 Å². The minimum Gasteiger partial charge on any atom is -0.507 e. The number of amides is 1. The summed E-state index contributed by atoms with van der Waals surface area (Å²) in [6.45, 7) is 4.74. The minimum atomic E-state index is -0.884. The van der Waals surface area contributed by atoms with Crippen molar-refractivity contribution in [1.29, 1.82) is 0 Å². The number of carbonyl (C=O) groups is 2. The Morgan fingerprint density at radius 2 is 1.86 bits per heavy atom. The zero-order chi connectivity index (χ0) is 29.4. The Morgan fingerprint density at radius 1 is 1.07 bits per heavy atom. The van der Waals surface area contributed by atoms with Gasteiger partial charge in [-0.25, -0.2) is 4.98 Å². The Balaban J connectivity index is 1.44. The number of hydrogen-bond acceptors (Lipinski definition) is 8. The number of thiazole rings is 1. The summed E-state index contributed by atoms with van der Waals surface area (Å²) in [5, 5.41) is 12.0. The molecule has 0 saturated carbocycles. The van der Waals surface area contributed by atoms with E-state index in [0.29, 0.717) is 46.3 Å². The maximum absolute atomic E-state index is 13.7. The number of aliphatic hydroxyl groups excluding tert-OH is 1. The number of hydrogen-bond donors (Lipinski definition) is 1. The molecule has 2 aliphatic rings. The lowest BCUT2D eigenvalue weighted by Crippen LogP contribution is -2.29. The van der Waals surface area contributed by atoms with Crippen LogP contribution < -0.4 is 19.1 Å². The Bertz CT molecular complexity index is 1690. The van der Waals surface area contributed by atoms with Gasteiger partial charge >= 0.3 is 5.91 Å². The molecule has 2 atom stereocenters. The fourth-order valence-corrected chi connectivity index (χ4v) is 6.50. The van der Waals surface area contributed by atoms with E-state index < -0.39 is 17.7 Å². The van der Waals surface area contributed by atoms with Crippen LogP contribution in [0.4, 0.5) is 5.13 Å². The second-order valence-electron chi connectivity index (χ2n) is 10.6. The maximum Gasteiger partial charge on any atom is 0.301 e. The fourth-order valence-electron chi connectivity index (χ4n) is 5.48. The van der Waals surface area contributed by atoms with Crippen LogP contribution >= 0.6 is 11.3 Å². The number of carbonyl (C=O) groups excluding carboxylic acids is 2. The van der Waals surface area contributed by atoms with E-state index in [-0.39, 0.29) is 17.4 Å². The van der Waals surface area contributed by atoms with E-state index in [1.54, 1.807) is 25.3 Å². The molecule has 3 heterocycles. The predicted octanol–water partition coefficient (Wildman–Crippen LogP) is 6.82. The van der Waals surface area contributed by atoms with E-state index in [1.165, 1.54) is 16.2 Å². The summed E-state index contributed by atoms with van der Waals surface area (Å²) in [5.74, 6) is 0.388. The summed E-state index contributed by atoms with van der Waals surface area (Å²) in [4.78, 5) is 33.4. The number of nitrogens with zero attached hydrogens (tertiary/aromatic N) is 2. The number of benzene rings is 3. The van der Waals surface area contributed by atoms with Crippen molar-refractivity contribution in [2.45, 2.75) is 51.7 Å². The lowest BCUT2D eigenvalue weighted by atomic mass is 9.94. The first kappa shape index (κ1) is 27.8. The van der Waals surface area contributed by atoms with E-state index >= 15 is 0 Å². The van der Waals surface area contributed by atoms with E-state index in [0.717, 1.165) is 35.3 Å². The molecule has 3 aromatic carbocycles. The van der Waals surface area contributed by atoms with Gasteiger partial charge in [0.15, 0.2) is 5.13 Å². The summed E-state index contributed by atoms with van der Waals surface area (Å²) in [5.41, 5.74) is 2.76. The summed E-state index contributed by atoms with van der Waals surface area (Å²) in [6, 6.07) is 17.3. The number of aromatic nitrogens is 1. The molecule has 1 amide bonds. The highest BCUT2D eigenvalue weighted by molar-refractivity contribution is 7.22. The van der Waals surface area contributed by atoms with E-state index in [2.05, 4.69) is 6.92 Å². The van der Waals surface area contributed by atoms with Crippen molar-refractivity contribution in [3.63, 3.8) is 0 Å². The standard InChI is InChI=1S/C33H32N2O6S/c1-4-5-6-15-40-23-10-7-20(8-11-23)29-28(30(36)21-9-14-26-22(17-21)16-19(2)41-26)31(37)32(38)35(29)33-34-25-13-12-24(39-3)18-27(25)42-33/h7-14,17-19,29,36H,4-6,15-16H2,1-3H3/t19-,29+/m1/s1. The number of ketones is 1. The molecule has 1 saturated heterocycles. The smallest absolute Gasteiger partial charge is 0.301 e. The lowest BCUT2D eigenvalue weighted by Gasteiger charge is -2.23. The molecule has 1 aromatic heterocycles. The number of aliphatic hydroxyl groups is 1. The highest BCUT2D eigenvalue weighted by Crippen LogP contribution is 2.45. The zero-order valence-electron chi connectivity index (χ0n) is 23.8. The van der Waals surface area contributed by atoms with Crippen LogP contribution in [0.15, 0.2) is 66.2 Å². The zero-order valence-corrected chi connectivity index (χ0v) is 24.6. The molecule has 9 heteroatoms. The van der Waals surface area contributed by atoms with Crippen molar-refractivity contribution in [1.82, 2.24) is 4.98 Å². The molecule has 8 nitrogen and oxygen atoms in total. The summed E-state index contributed by atoms with van der Waals surface area (Å²) in [6.07, 6.45) is 3.89. The molecule has 6 rings (SSSR count). The Morgan fingerprint density at radius 3 is 2.62 bits per heavy atom. The first-order valence-electron chi connectivity index (χ1n) is 14.2. The number of ether oxygens (including phenoxy) is 3. The average Bonchev–Trinajstić information content (AvgIpc) is 3.66. The van der Waals surface area contributed by atoms with Gasteiger partial charge in [-0.15, -0.1) is 0 Å². The third-order valence-corrected chi connectivity index (χ3v) is 8.63. The van der Waals surface area contributed by atoms with Crippen LogP contribution in [0, 0.1) is 0 Å². The molecular formula is C33H32N2O6S. The van der Waals surface area contributed by atoms with Crippen molar-refractivity contribution >= 4 is 44.1 Å². The van der Waals surface area contributed by atoms with Gasteiger partial charge in [-0.05, 0) is 73.0 Å². The van der Waals surface area contributed by atoms with Crippen molar-refractivity contribution < 1.29 is 28.9 Å². The first-order chi connectivity index (χ1) is 20.4. The number of Topliss-reactive ketones (excluding diaryl/α,β-unsaturated/α-hetero) is 1. The molecule has 1 fully saturated rings. The normalized spacial score (nSPS) is 19.3. The molecular weight excluding hydrogens is 552 g/mol. The average molecular weight is 585 g/mol. The molecule has 0 bridgehead atoms. The van der Waals surface area contributed by atoms with Crippen molar-refractivity contribution in [2.75, 3.05) is 18.6 Å². The summed E-state index contributed by atoms with van der Waals surface area (Å²) < 4.78 is 17.9.